The lowest BCUT2D eigenvalue weighted by atomic mass is 9.95. The maximum atomic E-state index is 11.8. The quantitative estimate of drug-likeness (QED) is 0.782. The molecular weight excluding hydrogens is 380 g/mol. The van der Waals surface area contributed by atoms with Gasteiger partial charge in [0, 0.05) is 43.5 Å². The molecule has 0 spiro atoms. The third-order valence-corrected chi connectivity index (χ3v) is 6.79. The number of pyridine rings is 1. The van der Waals surface area contributed by atoms with Crippen molar-refractivity contribution in [3.8, 4) is 6.07 Å². The zero-order valence-electron chi connectivity index (χ0n) is 16.9. The summed E-state index contributed by atoms with van der Waals surface area (Å²) in [6, 6.07) is 10.2. The molecule has 5 rings (SSSR count). The van der Waals surface area contributed by atoms with Crippen molar-refractivity contribution in [1.82, 2.24) is 9.88 Å². The summed E-state index contributed by atoms with van der Waals surface area (Å²) in [6.07, 6.45) is 3.23. The number of hydrogen-bond acceptors (Lipinski definition) is 7. The summed E-state index contributed by atoms with van der Waals surface area (Å²) in [4.78, 5) is 20.9. The first-order valence-corrected chi connectivity index (χ1v) is 10.4. The maximum Gasteiger partial charge on any atom is 0.338 e. The summed E-state index contributed by atoms with van der Waals surface area (Å²) in [5.41, 5.74) is 3.92. The highest BCUT2D eigenvalue weighted by Gasteiger charge is 2.41. The standard InChI is InChI=1S/C23H24N4O3/c1-14-18(5-6-19-20(14)13-30-23(19)29)21(28)12-27-16-3-4-17(27)11-26(10-16)22-7-2-15(8-24)9-25-22/h2,5-7,9,16-17,21,28H,3-4,10-13H2,1H3/t16-,17+,21-/m1/s1. The predicted octanol–water partition coefficient (Wildman–Crippen LogP) is 2.32. The molecule has 30 heavy (non-hydrogen) atoms. The smallest absolute Gasteiger partial charge is 0.338 e. The Kier molecular flexibility index (Phi) is 4.69. The Hall–Kier alpha value is -2.95. The van der Waals surface area contributed by atoms with Gasteiger partial charge in [0.1, 0.15) is 18.5 Å². The number of anilines is 1. The number of nitriles is 1. The number of carbonyl (C=O) groups excluding carboxylic acids is 1. The van der Waals surface area contributed by atoms with Gasteiger partial charge >= 0.3 is 5.97 Å². The van der Waals surface area contributed by atoms with E-state index in [0.29, 0.717) is 36.4 Å². The number of fused-ring (bicyclic) bond motifs is 3. The number of cyclic esters (lactones) is 1. The number of aliphatic hydroxyl groups excluding tert-OH is 1. The third-order valence-electron chi connectivity index (χ3n) is 6.79. The normalized spacial score (nSPS) is 23.8. The van der Waals surface area contributed by atoms with Crippen LogP contribution in [-0.2, 0) is 11.3 Å². The summed E-state index contributed by atoms with van der Waals surface area (Å²) in [6.45, 7) is 4.57. The minimum Gasteiger partial charge on any atom is -0.457 e. The highest BCUT2D eigenvalue weighted by molar-refractivity contribution is 5.93. The third kappa shape index (κ3) is 3.13. The molecule has 0 unspecified atom stereocenters. The number of aromatic nitrogens is 1. The monoisotopic (exact) mass is 404 g/mol. The van der Waals surface area contributed by atoms with E-state index in [1.807, 2.05) is 25.1 Å². The average Bonchev–Trinajstić information content (AvgIpc) is 3.23. The molecule has 4 heterocycles. The van der Waals surface area contributed by atoms with Gasteiger partial charge in [-0.25, -0.2) is 9.78 Å². The molecule has 7 heteroatoms. The summed E-state index contributed by atoms with van der Waals surface area (Å²) in [5, 5.41) is 20.0. The molecule has 2 saturated heterocycles. The van der Waals surface area contributed by atoms with Crippen LogP contribution in [0.25, 0.3) is 0 Å². The molecule has 1 aromatic carbocycles. The zero-order chi connectivity index (χ0) is 20.8. The lowest BCUT2D eigenvalue weighted by Gasteiger charge is -2.42. The van der Waals surface area contributed by atoms with E-state index in [2.05, 4.69) is 20.9 Å². The lowest BCUT2D eigenvalue weighted by molar-refractivity contribution is 0.0535. The molecule has 7 nitrogen and oxygen atoms in total. The number of benzene rings is 1. The van der Waals surface area contributed by atoms with Crippen LogP contribution < -0.4 is 4.90 Å². The molecule has 3 atom stereocenters. The van der Waals surface area contributed by atoms with Crippen LogP contribution in [0, 0.1) is 18.3 Å². The Morgan fingerprint density at radius 3 is 2.70 bits per heavy atom. The molecule has 1 N–H and O–H groups in total. The number of aliphatic hydroxyl groups is 1. The number of rotatable bonds is 4. The van der Waals surface area contributed by atoms with Crippen molar-refractivity contribution in [2.24, 2.45) is 0 Å². The van der Waals surface area contributed by atoms with E-state index in [1.54, 1.807) is 12.3 Å². The zero-order valence-corrected chi connectivity index (χ0v) is 16.9. The SMILES string of the molecule is Cc1c([C@H](O)CN2[C@@H]3CC[C@H]2CN(c2ccc(C#N)cn2)C3)ccc2c1COC2=O. The topological polar surface area (TPSA) is 89.7 Å². The van der Waals surface area contributed by atoms with Crippen molar-refractivity contribution in [2.75, 3.05) is 24.5 Å². The van der Waals surface area contributed by atoms with Gasteiger partial charge in [-0.15, -0.1) is 0 Å². The summed E-state index contributed by atoms with van der Waals surface area (Å²) < 4.78 is 5.14. The van der Waals surface area contributed by atoms with Crippen LogP contribution >= 0.6 is 0 Å². The number of ether oxygens (including phenoxy) is 1. The van der Waals surface area contributed by atoms with Crippen LogP contribution in [0.4, 0.5) is 5.82 Å². The van der Waals surface area contributed by atoms with E-state index in [1.165, 1.54) is 0 Å². The van der Waals surface area contributed by atoms with E-state index >= 15 is 0 Å². The fraction of sp³-hybridized carbons (Fsp3) is 0.435. The Morgan fingerprint density at radius 1 is 1.27 bits per heavy atom. The Bertz CT molecular complexity index is 1020. The number of hydrogen-bond donors (Lipinski definition) is 1. The summed E-state index contributed by atoms with van der Waals surface area (Å²) in [7, 11) is 0. The van der Waals surface area contributed by atoms with Crippen LogP contribution in [-0.4, -0.2) is 52.7 Å². The molecule has 1 aromatic heterocycles. The molecular formula is C23H24N4O3. The van der Waals surface area contributed by atoms with Crippen LogP contribution in [0.5, 0.6) is 0 Å². The fourth-order valence-corrected chi connectivity index (χ4v) is 5.14. The van der Waals surface area contributed by atoms with Gasteiger partial charge in [0.2, 0.25) is 0 Å². The second-order valence-corrected chi connectivity index (χ2v) is 8.40. The predicted molar refractivity (Wildman–Crippen MR) is 110 cm³/mol. The molecule has 3 aliphatic heterocycles. The molecule has 2 aromatic rings. The van der Waals surface area contributed by atoms with Crippen LogP contribution in [0.3, 0.4) is 0 Å². The van der Waals surface area contributed by atoms with Crippen LogP contribution in [0.2, 0.25) is 0 Å². The average molecular weight is 404 g/mol. The van der Waals surface area contributed by atoms with E-state index < -0.39 is 6.10 Å². The maximum absolute atomic E-state index is 11.8. The molecule has 0 radical (unpaired) electrons. The van der Waals surface area contributed by atoms with Gasteiger partial charge in [-0.05, 0) is 49.1 Å². The molecule has 2 bridgehead atoms. The van der Waals surface area contributed by atoms with Crippen molar-refractivity contribution >= 4 is 11.8 Å². The van der Waals surface area contributed by atoms with Gasteiger partial charge in [0.15, 0.2) is 0 Å². The van der Waals surface area contributed by atoms with E-state index in [4.69, 9.17) is 10.00 Å². The van der Waals surface area contributed by atoms with Crippen molar-refractivity contribution in [2.45, 2.75) is 44.6 Å². The van der Waals surface area contributed by atoms with E-state index in [9.17, 15) is 9.90 Å². The van der Waals surface area contributed by atoms with Crippen LogP contribution in [0.1, 0.15) is 51.6 Å². The minimum absolute atomic E-state index is 0.278. The van der Waals surface area contributed by atoms with Gasteiger partial charge in [-0.2, -0.15) is 5.26 Å². The minimum atomic E-state index is -0.603. The van der Waals surface area contributed by atoms with Crippen molar-refractivity contribution < 1.29 is 14.6 Å². The van der Waals surface area contributed by atoms with Crippen molar-refractivity contribution in [3.05, 3.63) is 58.3 Å². The number of nitrogens with zero attached hydrogens (tertiary/aromatic N) is 4. The van der Waals surface area contributed by atoms with Gasteiger partial charge in [-0.3, -0.25) is 4.90 Å². The molecule has 3 aliphatic rings. The van der Waals surface area contributed by atoms with Gasteiger partial charge < -0.3 is 14.7 Å². The first-order valence-electron chi connectivity index (χ1n) is 10.4. The van der Waals surface area contributed by atoms with Gasteiger partial charge in [0.25, 0.3) is 0 Å². The molecule has 154 valence electrons. The highest BCUT2D eigenvalue weighted by atomic mass is 16.5. The lowest BCUT2D eigenvalue weighted by Crippen LogP contribution is -2.55. The second-order valence-electron chi connectivity index (χ2n) is 8.40. The molecule has 0 saturated carbocycles. The Morgan fingerprint density at radius 2 is 2.03 bits per heavy atom. The summed E-state index contributed by atoms with van der Waals surface area (Å²) >= 11 is 0. The van der Waals surface area contributed by atoms with Gasteiger partial charge in [-0.1, -0.05) is 6.07 Å². The highest BCUT2D eigenvalue weighted by Crippen LogP contribution is 2.35. The van der Waals surface area contributed by atoms with Crippen LogP contribution in [0.15, 0.2) is 30.5 Å². The molecule has 2 fully saturated rings. The van der Waals surface area contributed by atoms with Crippen molar-refractivity contribution in [3.63, 3.8) is 0 Å². The second kappa shape index (κ2) is 7.38. The van der Waals surface area contributed by atoms with E-state index in [0.717, 1.165) is 48.4 Å². The number of esters is 1. The van der Waals surface area contributed by atoms with E-state index in [-0.39, 0.29) is 5.97 Å². The van der Waals surface area contributed by atoms with Crippen molar-refractivity contribution in [1.29, 1.82) is 5.26 Å². The number of piperazine rings is 1. The largest absolute Gasteiger partial charge is 0.457 e. The fourth-order valence-electron chi connectivity index (χ4n) is 5.14. The Labute approximate surface area is 175 Å². The number of carbonyl (C=O) groups is 1. The van der Waals surface area contributed by atoms with Gasteiger partial charge in [0.05, 0.1) is 17.2 Å². The first-order chi connectivity index (χ1) is 14.5. The Balaban J connectivity index is 1.30. The molecule has 0 aliphatic carbocycles. The summed E-state index contributed by atoms with van der Waals surface area (Å²) in [5.74, 6) is 0.630. The molecule has 0 amide bonds. The first kappa shape index (κ1) is 19.0.